The zero-order valence-electron chi connectivity index (χ0n) is 9.64. The summed E-state index contributed by atoms with van der Waals surface area (Å²) in [5, 5.41) is 17.5. The molecule has 0 aromatic carbocycles. The fourth-order valence-corrected chi connectivity index (χ4v) is 4.24. The van der Waals surface area contributed by atoms with Gasteiger partial charge in [-0.3, -0.25) is 0 Å². The van der Waals surface area contributed by atoms with E-state index in [4.69, 9.17) is 10.8 Å². The van der Waals surface area contributed by atoms with Gasteiger partial charge in [-0.2, -0.15) is 0 Å². The second-order valence-corrected chi connectivity index (χ2v) is 7.70. The summed E-state index contributed by atoms with van der Waals surface area (Å²) in [5.74, 6) is 0. The van der Waals surface area contributed by atoms with Crippen LogP contribution in [-0.2, 0) is 0 Å². The van der Waals surface area contributed by atoms with Crippen molar-refractivity contribution in [1.29, 1.82) is 0 Å². The lowest BCUT2D eigenvalue weighted by Gasteiger charge is -2.24. The molecular formula is C9H17N3OS3. The van der Waals surface area contributed by atoms with Crippen molar-refractivity contribution in [2.45, 2.75) is 39.7 Å². The number of thioether (sulfide) groups is 2. The van der Waals surface area contributed by atoms with Crippen molar-refractivity contribution < 1.29 is 5.11 Å². The summed E-state index contributed by atoms with van der Waals surface area (Å²) in [6.45, 7) is 3.95. The monoisotopic (exact) mass is 279 g/mol. The molecule has 1 aromatic rings. The number of nitrogens with zero attached hydrogens (tertiary/aromatic N) is 2. The Kier molecular flexibility index (Phi) is 5.52. The highest BCUT2D eigenvalue weighted by Gasteiger charge is 2.22. The third kappa shape index (κ3) is 4.58. The van der Waals surface area contributed by atoms with Gasteiger partial charge in [-0.25, -0.2) is 0 Å². The number of hydrogen-bond donors (Lipinski definition) is 2. The van der Waals surface area contributed by atoms with Gasteiger partial charge in [0.25, 0.3) is 0 Å². The van der Waals surface area contributed by atoms with Gasteiger partial charge in [0.1, 0.15) is 0 Å². The van der Waals surface area contributed by atoms with Gasteiger partial charge in [0.15, 0.2) is 8.68 Å². The number of hydrogen-bond acceptors (Lipinski definition) is 7. The van der Waals surface area contributed by atoms with Crippen molar-refractivity contribution in [3.63, 3.8) is 0 Å². The summed E-state index contributed by atoms with van der Waals surface area (Å²) in [7, 11) is 0. The van der Waals surface area contributed by atoms with Crippen LogP contribution in [0.1, 0.15) is 20.3 Å². The van der Waals surface area contributed by atoms with E-state index in [2.05, 4.69) is 17.1 Å². The highest BCUT2D eigenvalue weighted by Crippen LogP contribution is 2.32. The minimum absolute atomic E-state index is 0.00405. The normalized spacial score (nSPS) is 17.1. The summed E-state index contributed by atoms with van der Waals surface area (Å²) in [6, 6.07) is 0. The van der Waals surface area contributed by atoms with Crippen LogP contribution in [0.3, 0.4) is 0 Å². The Bertz CT molecular complexity index is 330. The van der Waals surface area contributed by atoms with E-state index in [1.807, 2.05) is 13.2 Å². The first-order chi connectivity index (χ1) is 7.46. The van der Waals surface area contributed by atoms with E-state index in [9.17, 15) is 0 Å². The lowest BCUT2D eigenvalue weighted by Crippen LogP contribution is -2.42. The highest BCUT2D eigenvalue weighted by molar-refractivity contribution is 8.03. The molecule has 1 aromatic heterocycles. The number of aliphatic hydroxyl groups is 1. The molecule has 92 valence electrons. The van der Waals surface area contributed by atoms with Crippen LogP contribution in [0.2, 0.25) is 0 Å². The van der Waals surface area contributed by atoms with Crippen molar-refractivity contribution in [3.05, 3.63) is 0 Å². The van der Waals surface area contributed by atoms with Crippen molar-refractivity contribution in [2.24, 2.45) is 5.73 Å². The Labute approximate surface area is 108 Å². The zero-order chi connectivity index (χ0) is 12.2. The first kappa shape index (κ1) is 14.2. The summed E-state index contributed by atoms with van der Waals surface area (Å²) in [4.78, 5) is 0. The lowest BCUT2D eigenvalue weighted by molar-refractivity contribution is 0.201. The number of nitrogens with two attached hydrogens (primary N) is 1. The van der Waals surface area contributed by atoms with Crippen LogP contribution in [0.15, 0.2) is 8.68 Å². The molecule has 0 saturated carbocycles. The second-order valence-electron chi connectivity index (χ2n) is 3.98. The topological polar surface area (TPSA) is 72.0 Å². The fourth-order valence-electron chi connectivity index (χ4n) is 1.26. The standard InChI is InChI=1S/C9H17N3OS3/c1-6(4-9(2,10)5-13)15-8-12-11-7(14-3)16-8/h6,13H,4-5,10H2,1-3H3. The van der Waals surface area contributed by atoms with Crippen LogP contribution in [0.25, 0.3) is 0 Å². The van der Waals surface area contributed by atoms with Gasteiger partial charge in [-0.1, -0.05) is 41.8 Å². The van der Waals surface area contributed by atoms with Gasteiger partial charge in [-0.05, 0) is 19.6 Å². The molecule has 0 fully saturated rings. The van der Waals surface area contributed by atoms with E-state index < -0.39 is 5.54 Å². The molecule has 16 heavy (non-hydrogen) atoms. The molecule has 0 aliphatic carbocycles. The van der Waals surface area contributed by atoms with Crippen LogP contribution in [0.4, 0.5) is 0 Å². The highest BCUT2D eigenvalue weighted by atomic mass is 32.2. The van der Waals surface area contributed by atoms with E-state index in [0.29, 0.717) is 5.25 Å². The first-order valence-electron chi connectivity index (χ1n) is 4.91. The van der Waals surface area contributed by atoms with Gasteiger partial charge in [0.2, 0.25) is 0 Å². The van der Waals surface area contributed by atoms with Crippen LogP contribution in [0, 0.1) is 0 Å². The third-order valence-electron chi connectivity index (χ3n) is 1.98. The number of rotatable bonds is 6. The maximum atomic E-state index is 9.09. The second kappa shape index (κ2) is 6.20. The zero-order valence-corrected chi connectivity index (χ0v) is 12.1. The molecule has 0 bridgehead atoms. The van der Waals surface area contributed by atoms with Crippen LogP contribution in [0.5, 0.6) is 0 Å². The van der Waals surface area contributed by atoms with Gasteiger partial charge in [0, 0.05) is 10.8 Å². The molecule has 0 radical (unpaired) electrons. The Balaban J connectivity index is 2.48. The molecule has 1 rings (SSSR count). The molecule has 0 spiro atoms. The SMILES string of the molecule is CSc1nnc(SC(C)CC(C)(N)CO)s1. The molecular weight excluding hydrogens is 262 g/mol. The average molecular weight is 279 g/mol. The van der Waals surface area contributed by atoms with Crippen molar-refractivity contribution >= 4 is 34.9 Å². The molecule has 0 aliphatic rings. The Morgan fingerprint density at radius 3 is 2.62 bits per heavy atom. The van der Waals surface area contributed by atoms with Gasteiger partial charge in [0.05, 0.1) is 6.61 Å². The molecule has 4 nitrogen and oxygen atoms in total. The van der Waals surface area contributed by atoms with E-state index in [1.54, 1.807) is 34.9 Å². The molecule has 2 atom stereocenters. The quantitative estimate of drug-likeness (QED) is 0.774. The maximum absolute atomic E-state index is 9.09. The van der Waals surface area contributed by atoms with E-state index in [0.717, 1.165) is 15.1 Å². The van der Waals surface area contributed by atoms with Crippen molar-refractivity contribution in [3.8, 4) is 0 Å². The number of aromatic nitrogens is 2. The molecule has 0 amide bonds. The lowest BCUT2D eigenvalue weighted by atomic mass is 9.99. The molecule has 1 heterocycles. The molecule has 0 aliphatic heterocycles. The molecule has 7 heteroatoms. The largest absolute Gasteiger partial charge is 0.394 e. The van der Waals surface area contributed by atoms with Crippen LogP contribution in [-0.4, -0.2) is 39.0 Å². The van der Waals surface area contributed by atoms with Gasteiger partial charge >= 0.3 is 0 Å². The van der Waals surface area contributed by atoms with E-state index in [1.165, 1.54) is 0 Å². The summed E-state index contributed by atoms with van der Waals surface area (Å²) in [5.41, 5.74) is 5.39. The van der Waals surface area contributed by atoms with Crippen molar-refractivity contribution in [2.75, 3.05) is 12.9 Å². The molecule has 0 saturated heterocycles. The predicted molar refractivity (Wildman–Crippen MR) is 71.3 cm³/mol. The Hall–Kier alpha value is 0.180. The minimum atomic E-state index is -0.514. The Morgan fingerprint density at radius 1 is 1.50 bits per heavy atom. The maximum Gasteiger partial charge on any atom is 0.175 e. The average Bonchev–Trinajstić information content (AvgIpc) is 2.64. The first-order valence-corrected chi connectivity index (χ1v) is 7.83. The molecule has 2 unspecified atom stereocenters. The molecule has 3 N–H and O–H groups in total. The van der Waals surface area contributed by atoms with Gasteiger partial charge in [-0.15, -0.1) is 10.2 Å². The third-order valence-corrected chi connectivity index (χ3v) is 5.06. The van der Waals surface area contributed by atoms with E-state index in [-0.39, 0.29) is 6.61 Å². The minimum Gasteiger partial charge on any atom is -0.394 e. The predicted octanol–water partition coefficient (Wildman–Crippen LogP) is 1.84. The van der Waals surface area contributed by atoms with Crippen LogP contribution >= 0.6 is 34.9 Å². The number of aliphatic hydroxyl groups excluding tert-OH is 1. The summed E-state index contributed by atoms with van der Waals surface area (Å²) in [6.07, 6.45) is 2.74. The Morgan fingerprint density at radius 2 is 2.12 bits per heavy atom. The van der Waals surface area contributed by atoms with E-state index >= 15 is 0 Å². The summed E-state index contributed by atoms with van der Waals surface area (Å²) < 4.78 is 1.94. The van der Waals surface area contributed by atoms with Crippen LogP contribution < -0.4 is 5.73 Å². The van der Waals surface area contributed by atoms with Gasteiger partial charge < -0.3 is 10.8 Å². The fraction of sp³-hybridized carbons (Fsp3) is 0.778. The smallest absolute Gasteiger partial charge is 0.175 e. The summed E-state index contributed by atoms with van der Waals surface area (Å²) >= 11 is 4.86. The van der Waals surface area contributed by atoms with Crippen molar-refractivity contribution in [1.82, 2.24) is 10.2 Å².